The minimum atomic E-state index is -0.206. The van der Waals surface area contributed by atoms with Crippen LogP contribution in [0.2, 0.25) is 0 Å². The molecule has 9 heavy (non-hydrogen) atoms. The lowest BCUT2D eigenvalue weighted by molar-refractivity contribution is 0.957. The SMILES string of the molecule is C=NC1C=CC=C1N=O. The highest BCUT2D eigenvalue weighted by atomic mass is 16.3. The van der Waals surface area contributed by atoms with Gasteiger partial charge in [0, 0.05) is 0 Å². The normalized spacial score (nSPS) is 23.6. The molecule has 1 unspecified atom stereocenters. The van der Waals surface area contributed by atoms with Crippen molar-refractivity contribution in [2.45, 2.75) is 6.04 Å². The van der Waals surface area contributed by atoms with Crippen molar-refractivity contribution in [3.05, 3.63) is 28.8 Å². The Morgan fingerprint density at radius 1 is 1.67 bits per heavy atom. The van der Waals surface area contributed by atoms with Crippen molar-refractivity contribution in [1.29, 1.82) is 0 Å². The second-order valence-corrected chi connectivity index (χ2v) is 1.70. The molecule has 0 heterocycles. The van der Waals surface area contributed by atoms with Gasteiger partial charge in [0.1, 0.15) is 11.7 Å². The first-order chi connectivity index (χ1) is 4.38. The van der Waals surface area contributed by atoms with Crippen LogP contribution < -0.4 is 0 Å². The number of hydrogen-bond donors (Lipinski definition) is 0. The van der Waals surface area contributed by atoms with Crippen LogP contribution in [0.4, 0.5) is 0 Å². The van der Waals surface area contributed by atoms with E-state index in [0.717, 1.165) is 0 Å². The number of nitroso groups, excluding NO2 is 1. The molecule has 0 amide bonds. The molecular formula is C6H6N2O. The second kappa shape index (κ2) is 2.35. The van der Waals surface area contributed by atoms with E-state index in [9.17, 15) is 4.91 Å². The van der Waals surface area contributed by atoms with Gasteiger partial charge in [-0.25, -0.2) is 0 Å². The van der Waals surface area contributed by atoms with Crippen LogP contribution in [0.3, 0.4) is 0 Å². The van der Waals surface area contributed by atoms with Gasteiger partial charge in [-0.1, -0.05) is 12.2 Å². The Kier molecular flexibility index (Phi) is 1.53. The van der Waals surface area contributed by atoms with Gasteiger partial charge in [0.2, 0.25) is 0 Å². The highest BCUT2D eigenvalue weighted by molar-refractivity contribution is 5.36. The van der Waals surface area contributed by atoms with Crippen LogP contribution in [-0.4, -0.2) is 12.8 Å². The molecule has 3 heteroatoms. The lowest BCUT2D eigenvalue weighted by atomic mass is 10.3. The monoisotopic (exact) mass is 122 g/mol. The average molecular weight is 122 g/mol. The molecule has 1 aliphatic rings. The third-order valence-electron chi connectivity index (χ3n) is 1.17. The number of aliphatic imine (C=N–C) groups is 1. The summed E-state index contributed by atoms with van der Waals surface area (Å²) in [5.41, 5.74) is 0.435. The minimum absolute atomic E-state index is 0.206. The van der Waals surface area contributed by atoms with E-state index in [-0.39, 0.29) is 6.04 Å². The summed E-state index contributed by atoms with van der Waals surface area (Å²) in [6.45, 7) is 3.30. The lowest BCUT2D eigenvalue weighted by Gasteiger charge is -1.96. The molecule has 0 aliphatic heterocycles. The number of hydrogen-bond acceptors (Lipinski definition) is 3. The summed E-state index contributed by atoms with van der Waals surface area (Å²) in [7, 11) is 0. The quantitative estimate of drug-likeness (QED) is 0.401. The van der Waals surface area contributed by atoms with E-state index >= 15 is 0 Å². The van der Waals surface area contributed by atoms with Crippen LogP contribution in [-0.2, 0) is 0 Å². The molecule has 0 bridgehead atoms. The van der Waals surface area contributed by atoms with Crippen LogP contribution in [0.15, 0.2) is 34.1 Å². The fourth-order valence-electron chi connectivity index (χ4n) is 0.695. The van der Waals surface area contributed by atoms with Gasteiger partial charge in [-0.15, -0.1) is 4.91 Å². The van der Waals surface area contributed by atoms with Crippen LogP contribution >= 0.6 is 0 Å². The predicted molar refractivity (Wildman–Crippen MR) is 36.4 cm³/mol. The molecule has 0 aromatic carbocycles. The van der Waals surface area contributed by atoms with Gasteiger partial charge in [0.15, 0.2) is 0 Å². The van der Waals surface area contributed by atoms with Gasteiger partial charge in [-0.3, -0.25) is 4.99 Å². The summed E-state index contributed by atoms with van der Waals surface area (Å²) in [5, 5.41) is 2.75. The van der Waals surface area contributed by atoms with E-state index in [1.807, 2.05) is 0 Å². The predicted octanol–water partition coefficient (Wildman–Crippen LogP) is 1.28. The molecule has 1 atom stereocenters. The Balaban J connectivity index is 2.76. The summed E-state index contributed by atoms with van der Waals surface area (Å²) in [5.74, 6) is 0. The topological polar surface area (TPSA) is 41.8 Å². The largest absolute Gasteiger partial charge is 0.287 e. The van der Waals surface area contributed by atoms with E-state index < -0.39 is 0 Å². The summed E-state index contributed by atoms with van der Waals surface area (Å²) in [6.07, 6.45) is 5.14. The molecule has 0 spiro atoms. The molecule has 0 fully saturated rings. The minimum Gasteiger partial charge on any atom is -0.287 e. The van der Waals surface area contributed by atoms with Crippen LogP contribution in [0, 0.1) is 4.91 Å². The van der Waals surface area contributed by atoms with Crippen LogP contribution in [0.1, 0.15) is 0 Å². The van der Waals surface area contributed by atoms with Crippen LogP contribution in [0.5, 0.6) is 0 Å². The third kappa shape index (κ3) is 0.937. The number of allylic oxidation sites excluding steroid dienone is 2. The number of nitrogens with zero attached hydrogens (tertiary/aromatic N) is 2. The van der Waals surface area contributed by atoms with Crippen molar-refractivity contribution in [1.82, 2.24) is 0 Å². The molecule has 0 radical (unpaired) electrons. The van der Waals surface area contributed by atoms with Gasteiger partial charge in [-0.2, -0.15) is 0 Å². The zero-order chi connectivity index (χ0) is 6.69. The second-order valence-electron chi connectivity index (χ2n) is 1.70. The Hall–Kier alpha value is -1.25. The fourth-order valence-corrected chi connectivity index (χ4v) is 0.695. The third-order valence-corrected chi connectivity index (χ3v) is 1.17. The maximum atomic E-state index is 9.93. The van der Waals surface area contributed by atoms with Gasteiger partial charge in [-0.05, 0) is 18.0 Å². The molecule has 0 saturated carbocycles. The molecule has 46 valence electrons. The van der Waals surface area contributed by atoms with E-state index in [0.29, 0.717) is 5.70 Å². The van der Waals surface area contributed by atoms with Crippen molar-refractivity contribution < 1.29 is 0 Å². The Labute approximate surface area is 52.8 Å². The van der Waals surface area contributed by atoms with E-state index in [1.54, 1.807) is 18.2 Å². The molecule has 1 rings (SSSR count). The first-order valence-electron chi connectivity index (χ1n) is 2.56. The van der Waals surface area contributed by atoms with Crippen molar-refractivity contribution in [3.63, 3.8) is 0 Å². The highest BCUT2D eigenvalue weighted by Gasteiger charge is 2.11. The van der Waals surface area contributed by atoms with E-state index in [1.165, 1.54) is 0 Å². The zero-order valence-electron chi connectivity index (χ0n) is 4.82. The smallest absolute Gasteiger partial charge is 0.113 e. The molecule has 0 aromatic heterocycles. The first kappa shape index (κ1) is 5.88. The van der Waals surface area contributed by atoms with Gasteiger partial charge < -0.3 is 0 Å². The summed E-state index contributed by atoms with van der Waals surface area (Å²) in [4.78, 5) is 13.6. The molecule has 3 nitrogen and oxygen atoms in total. The Morgan fingerprint density at radius 3 is 2.89 bits per heavy atom. The maximum Gasteiger partial charge on any atom is 0.113 e. The Bertz CT molecular complexity index is 193. The van der Waals surface area contributed by atoms with E-state index in [2.05, 4.69) is 16.9 Å². The fraction of sp³-hybridized carbons (Fsp3) is 0.167. The number of rotatable bonds is 2. The van der Waals surface area contributed by atoms with Crippen molar-refractivity contribution in [3.8, 4) is 0 Å². The lowest BCUT2D eigenvalue weighted by Crippen LogP contribution is -1.96. The summed E-state index contributed by atoms with van der Waals surface area (Å²) < 4.78 is 0. The molecule has 0 saturated heterocycles. The maximum absolute atomic E-state index is 9.93. The summed E-state index contributed by atoms with van der Waals surface area (Å²) in [6, 6.07) is -0.206. The Morgan fingerprint density at radius 2 is 2.44 bits per heavy atom. The first-order valence-corrected chi connectivity index (χ1v) is 2.56. The van der Waals surface area contributed by atoms with Crippen molar-refractivity contribution in [2.75, 3.05) is 0 Å². The van der Waals surface area contributed by atoms with Crippen molar-refractivity contribution in [2.24, 2.45) is 10.2 Å². The van der Waals surface area contributed by atoms with Crippen molar-refractivity contribution >= 4 is 6.72 Å². The highest BCUT2D eigenvalue weighted by Crippen LogP contribution is 2.14. The van der Waals surface area contributed by atoms with E-state index in [4.69, 9.17) is 0 Å². The molecule has 0 aromatic rings. The molecular weight excluding hydrogens is 116 g/mol. The van der Waals surface area contributed by atoms with Crippen LogP contribution in [0.25, 0.3) is 0 Å². The van der Waals surface area contributed by atoms with Gasteiger partial charge in [0.25, 0.3) is 0 Å². The average Bonchev–Trinajstić information content (AvgIpc) is 2.33. The molecule has 1 aliphatic carbocycles. The van der Waals surface area contributed by atoms with Gasteiger partial charge in [0.05, 0.1) is 0 Å². The summed E-state index contributed by atoms with van der Waals surface area (Å²) >= 11 is 0. The zero-order valence-corrected chi connectivity index (χ0v) is 4.82. The van der Waals surface area contributed by atoms with Gasteiger partial charge >= 0.3 is 0 Å². The molecule has 0 N–H and O–H groups in total. The standard InChI is InChI=1S/C6H6N2O/c1-7-5-3-2-4-6(5)8-9/h2-5H,1H2.